The number of rotatable bonds is 4. The van der Waals surface area contributed by atoms with Gasteiger partial charge in [0.05, 0.1) is 11.4 Å². The van der Waals surface area contributed by atoms with E-state index < -0.39 is 0 Å². The summed E-state index contributed by atoms with van der Waals surface area (Å²) in [4.78, 5) is 26.8. The molecule has 0 heterocycles. The number of hydrogen-bond acceptors (Lipinski definition) is 6. The van der Waals surface area contributed by atoms with Crippen LogP contribution in [0.1, 0.15) is 43.0 Å². The summed E-state index contributed by atoms with van der Waals surface area (Å²) in [7, 11) is 0. The van der Waals surface area contributed by atoms with E-state index in [9.17, 15) is 19.8 Å². The van der Waals surface area contributed by atoms with Crippen LogP contribution in [0.3, 0.4) is 0 Å². The summed E-state index contributed by atoms with van der Waals surface area (Å²) in [5, 5.41) is 20.7. The number of nitrogens with two attached hydrogens (primary N) is 2. The van der Waals surface area contributed by atoms with Crippen LogP contribution in [0.4, 0.5) is 11.4 Å². The average molecular weight is 426 g/mol. The highest BCUT2D eigenvalue weighted by Gasteiger charge is 2.21. The number of carbonyl (C=O) groups is 2. The van der Waals surface area contributed by atoms with E-state index in [2.05, 4.69) is 0 Å². The molecule has 0 aromatic heterocycles. The second-order valence-electron chi connectivity index (χ2n) is 7.82. The first-order valence-electron chi connectivity index (χ1n) is 9.98. The molecule has 4 rings (SSSR count). The Morgan fingerprint density at radius 1 is 0.625 bits per heavy atom. The fourth-order valence-electron chi connectivity index (χ4n) is 3.91. The van der Waals surface area contributed by atoms with Gasteiger partial charge in [-0.15, -0.1) is 0 Å². The average Bonchev–Trinajstić information content (AvgIpc) is 2.76. The number of hydrogen-bond donors (Lipinski definition) is 4. The zero-order chi connectivity index (χ0) is 23.2. The van der Waals surface area contributed by atoms with Crippen LogP contribution < -0.4 is 11.5 Å². The first-order chi connectivity index (χ1) is 15.2. The van der Waals surface area contributed by atoms with Gasteiger partial charge in [0.2, 0.25) is 0 Å². The first kappa shape index (κ1) is 20.9. The quantitative estimate of drug-likeness (QED) is 0.216. The van der Waals surface area contributed by atoms with Crippen molar-refractivity contribution in [2.24, 2.45) is 0 Å². The van der Waals surface area contributed by atoms with Crippen molar-refractivity contribution >= 4 is 33.7 Å². The molecular weight excluding hydrogens is 404 g/mol. The molecule has 6 heteroatoms. The fourth-order valence-corrected chi connectivity index (χ4v) is 3.91. The van der Waals surface area contributed by atoms with Crippen molar-refractivity contribution in [2.75, 3.05) is 11.5 Å². The third-order valence-electron chi connectivity index (χ3n) is 5.65. The number of fused-ring (bicyclic) bond motifs is 1. The number of phenols is 2. The molecule has 0 atom stereocenters. The number of ketones is 2. The Kier molecular flexibility index (Phi) is 5.06. The Morgan fingerprint density at radius 3 is 1.34 bits per heavy atom. The zero-order valence-electron chi connectivity index (χ0n) is 17.6. The number of phenolic OH excluding ortho intramolecular Hbond substituents is 2. The van der Waals surface area contributed by atoms with Gasteiger partial charge in [-0.1, -0.05) is 24.3 Å². The van der Waals surface area contributed by atoms with Gasteiger partial charge in [0.1, 0.15) is 11.5 Å². The lowest BCUT2D eigenvalue weighted by molar-refractivity contribution is 0.103. The number of aryl methyl sites for hydroxylation is 2. The van der Waals surface area contributed by atoms with Crippen molar-refractivity contribution in [3.63, 3.8) is 0 Å². The molecule has 0 saturated carbocycles. The molecule has 4 aromatic carbocycles. The molecule has 0 aliphatic carbocycles. The van der Waals surface area contributed by atoms with Gasteiger partial charge in [-0.05, 0) is 72.1 Å². The van der Waals surface area contributed by atoms with E-state index in [-0.39, 0.29) is 34.4 Å². The monoisotopic (exact) mass is 426 g/mol. The summed E-state index contributed by atoms with van der Waals surface area (Å²) in [6, 6.07) is 16.0. The predicted octanol–water partition coefficient (Wildman–Crippen LogP) is 4.49. The van der Waals surface area contributed by atoms with Gasteiger partial charge in [0.15, 0.2) is 11.6 Å². The van der Waals surface area contributed by atoms with E-state index >= 15 is 0 Å². The molecule has 0 spiro atoms. The molecule has 0 unspecified atom stereocenters. The van der Waals surface area contributed by atoms with Gasteiger partial charge in [0, 0.05) is 22.3 Å². The van der Waals surface area contributed by atoms with Crippen LogP contribution in [-0.2, 0) is 0 Å². The minimum absolute atomic E-state index is 0.0899. The standard InChI is InChI=1S/C26H22N2O4/c1-13-3-7-18-17(23(13)25(31)15-5-9-21(29)19(27)11-15)8-4-14(2)24(18)26(32)16-6-10-22(30)20(28)12-16/h3-12,29-30H,27-28H2,1-2H3. The van der Waals surface area contributed by atoms with Gasteiger partial charge in [0.25, 0.3) is 0 Å². The van der Waals surface area contributed by atoms with Crippen molar-refractivity contribution in [3.05, 3.63) is 94.0 Å². The SMILES string of the molecule is Cc1ccc2c(C(=O)c3ccc(O)c(N)c3)c(C)ccc2c1C(=O)c1ccc(O)c(N)c1. The Balaban J connectivity index is 1.93. The lowest BCUT2D eigenvalue weighted by Crippen LogP contribution is -2.09. The Morgan fingerprint density at radius 2 is 1.00 bits per heavy atom. The molecule has 4 aromatic rings. The van der Waals surface area contributed by atoms with Crippen LogP contribution in [0.2, 0.25) is 0 Å². The van der Waals surface area contributed by atoms with Crippen LogP contribution in [-0.4, -0.2) is 21.8 Å². The topological polar surface area (TPSA) is 127 Å². The van der Waals surface area contributed by atoms with E-state index in [1.165, 1.54) is 36.4 Å². The van der Waals surface area contributed by atoms with Crippen molar-refractivity contribution in [1.29, 1.82) is 0 Å². The van der Waals surface area contributed by atoms with Crippen LogP contribution in [0, 0.1) is 13.8 Å². The summed E-state index contributed by atoms with van der Waals surface area (Å²) in [5.41, 5.74) is 14.9. The summed E-state index contributed by atoms with van der Waals surface area (Å²) in [5.74, 6) is -0.687. The second-order valence-corrected chi connectivity index (χ2v) is 7.82. The Labute approximate surface area is 184 Å². The molecule has 0 amide bonds. The summed E-state index contributed by atoms with van der Waals surface area (Å²) in [6.07, 6.45) is 0. The molecule has 6 nitrogen and oxygen atoms in total. The van der Waals surface area contributed by atoms with E-state index in [0.29, 0.717) is 33.0 Å². The second kappa shape index (κ2) is 7.74. The molecule has 32 heavy (non-hydrogen) atoms. The third-order valence-corrected chi connectivity index (χ3v) is 5.65. The normalized spacial score (nSPS) is 10.9. The maximum atomic E-state index is 13.4. The number of aromatic hydroxyl groups is 2. The van der Waals surface area contributed by atoms with Gasteiger partial charge in [-0.25, -0.2) is 0 Å². The van der Waals surface area contributed by atoms with Crippen LogP contribution in [0.25, 0.3) is 10.8 Å². The van der Waals surface area contributed by atoms with Crippen LogP contribution >= 0.6 is 0 Å². The van der Waals surface area contributed by atoms with Crippen LogP contribution in [0.5, 0.6) is 11.5 Å². The highest BCUT2D eigenvalue weighted by atomic mass is 16.3. The fraction of sp³-hybridized carbons (Fsp3) is 0.0769. The van der Waals surface area contributed by atoms with Gasteiger partial charge in [-0.3, -0.25) is 9.59 Å². The molecule has 0 aliphatic heterocycles. The van der Waals surface area contributed by atoms with E-state index in [1.54, 1.807) is 12.1 Å². The summed E-state index contributed by atoms with van der Waals surface area (Å²) < 4.78 is 0. The molecule has 0 fully saturated rings. The van der Waals surface area contributed by atoms with Crippen molar-refractivity contribution in [2.45, 2.75) is 13.8 Å². The summed E-state index contributed by atoms with van der Waals surface area (Å²) >= 11 is 0. The lowest BCUT2D eigenvalue weighted by atomic mass is 9.87. The molecule has 0 radical (unpaired) electrons. The largest absolute Gasteiger partial charge is 0.506 e. The van der Waals surface area contributed by atoms with E-state index in [4.69, 9.17) is 11.5 Å². The summed E-state index contributed by atoms with van der Waals surface area (Å²) in [6.45, 7) is 3.66. The highest BCUT2D eigenvalue weighted by Crippen LogP contribution is 2.32. The molecule has 160 valence electrons. The number of nitrogen functional groups attached to an aromatic ring is 2. The van der Waals surface area contributed by atoms with Gasteiger partial charge < -0.3 is 21.7 Å². The third kappa shape index (κ3) is 3.41. The highest BCUT2D eigenvalue weighted by molar-refractivity contribution is 6.23. The lowest BCUT2D eigenvalue weighted by Gasteiger charge is -2.15. The molecule has 6 N–H and O–H groups in total. The molecule has 0 aliphatic rings. The first-order valence-corrected chi connectivity index (χ1v) is 9.98. The number of anilines is 2. The van der Waals surface area contributed by atoms with Gasteiger partial charge in [-0.2, -0.15) is 0 Å². The van der Waals surface area contributed by atoms with Crippen LogP contribution in [0.15, 0.2) is 60.7 Å². The van der Waals surface area contributed by atoms with Crippen molar-refractivity contribution in [1.82, 2.24) is 0 Å². The van der Waals surface area contributed by atoms with Gasteiger partial charge >= 0.3 is 0 Å². The predicted molar refractivity (Wildman–Crippen MR) is 125 cm³/mol. The Bertz CT molecular complexity index is 1310. The zero-order valence-corrected chi connectivity index (χ0v) is 17.6. The maximum absolute atomic E-state index is 13.4. The number of carbonyl (C=O) groups excluding carboxylic acids is 2. The smallest absolute Gasteiger partial charge is 0.193 e. The minimum atomic E-state index is -0.254. The van der Waals surface area contributed by atoms with Crippen molar-refractivity contribution in [3.8, 4) is 11.5 Å². The van der Waals surface area contributed by atoms with Crippen molar-refractivity contribution < 1.29 is 19.8 Å². The van der Waals surface area contributed by atoms with E-state index in [0.717, 1.165) is 11.1 Å². The molecule has 0 bridgehead atoms. The minimum Gasteiger partial charge on any atom is -0.506 e. The maximum Gasteiger partial charge on any atom is 0.193 e. The Hall–Kier alpha value is -4.32. The number of benzene rings is 4. The molecular formula is C26H22N2O4. The molecule has 0 saturated heterocycles. The van der Waals surface area contributed by atoms with E-state index in [1.807, 2.05) is 26.0 Å².